The number of phenols is 1. The lowest BCUT2D eigenvalue weighted by atomic mass is 10.0. The summed E-state index contributed by atoms with van der Waals surface area (Å²) in [6.45, 7) is 1.97. The molecule has 3 nitrogen and oxygen atoms in total. The first kappa shape index (κ1) is 13.1. The first-order valence-electron chi connectivity index (χ1n) is 6.11. The van der Waals surface area contributed by atoms with Gasteiger partial charge in [-0.3, -0.25) is 4.79 Å². The number of hydrogen-bond donors (Lipinski definition) is 1. The van der Waals surface area contributed by atoms with Gasteiger partial charge in [-0.2, -0.15) is 0 Å². The topological polar surface area (TPSA) is 40.5 Å². The largest absolute Gasteiger partial charge is 0.507 e. The maximum absolute atomic E-state index is 12.3. The first-order valence-corrected chi connectivity index (χ1v) is 6.11. The Labute approximate surface area is 113 Å². The highest BCUT2D eigenvalue weighted by Gasteiger charge is 2.14. The van der Waals surface area contributed by atoms with Crippen LogP contribution in [0.1, 0.15) is 21.5 Å². The Balaban J connectivity index is 2.36. The highest BCUT2D eigenvalue weighted by atomic mass is 16.3. The third-order valence-electron chi connectivity index (χ3n) is 3.06. The molecule has 0 heterocycles. The van der Waals surface area contributed by atoms with Crippen molar-refractivity contribution in [2.24, 2.45) is 0 Å². The van der Waals surface area contributed by atoms with Crippen molar-refractivity contribution < 1.29 is 9.90 Å². The van der Waals surface area contributed by atoms with Crippen LogP contribution in [0.15, 0.2) is 42.5 Å². The van der Waals surface area contributed by atoms with E-state index in [-0.39, 0.29) is 11.5 Å². The van der Waals surface area contributed by atoms with Gasteiger partial charge in [-0.25, -0.2) is 0 Å². The number of aromatic hydroxyl groups is 1. The lowest BCUT2D eigenvalue weighted by Gasteiger charge is -2.13. The molecule has 0 aliphatic carbocycles. The van der Waals surface area contributed by atoms with Gasteiger partial charge >= 0.3 is 0 Å². The van der Waals surface area contributed by atoms with Crippen LogP contribution < -0.4 is 4.90 Å². The fourth-order valence-corrected chi connectivity index (χ4v) is 1.85. The van der Waals surface area contributed by atoms with Crippen LogP contribution in [-0.4, -0.2) is 25.0 Å². The summed E-state index contributed by atoms with van der Waals surface area (Å²) in [6.07, 6.45) is 0. The lowest BCUT2D eigenvalue weighted by molar-refractivity contribution is 0.103. The van der Waals surface area contributed by atoms with Crippen LogP contribution in [0.2, 0.25) is 0 Å². The predicted molar refractivity (Wildman–Crippen MR) is 77.0 cm³/mol. The molecule has 0 fully saturated rings. The Morgan fingerprint density at radius 2 is 1.68 bits per heavy atom. The SMILES string of the molecule is Cc1ccc(C(=O)c2ccc(N(C)C)cc2O)cc1. The van der Waals surface area contributed by atoms with Crippen molar-refractivity contribution in [3.8, 4) is 5.75 Å². The third-order valence-corrected chi connectivity index (χ3v) is 3.06. The van der Waals surface area contributed by atoms with Crippen LogP contribution in [0.4, 0.5) is 5.69 Å². The van der Waals surface area contributed by atoms with Crippen molar-refractivity contribution in [2.45, 2.75) is 6.92 Å². The average Bonchev–Trinajstić information content (AvgIpc) is 2.38. The summed E-state index contributed by atoms with van der Waals surface area (Å²) in [5.74, 6) is -0.153. The van der Waals surface area contributed by atoms with Crippen molar-refractivity contribution in [1.29, 1.82) is 0 Å². The smallest absolute Gasteiger partial charge is 0.196 e. The average molecular weight is 255 g/mol. The highest BCUT2D eigenvalue weighted by molar-refractivity contribution is 6.10. The number of anilines is 1. The first-order chi connectivity index (χ1) is 8.99. The molecule has 98 valence electrons. The van der Waals surface area contributed by atoms with E-state index in [2.05, 4.69) is 0 Å². The summed E-state index contributed by atoms with van der Waals surface area (Å²) in [6, 6.07) is 12.4. The molecule has 0 spiro atoms. The van der Waals surface area contributed by atoms with E-state index in [4.69, 9.17) is 0 Å². The molecule has 0 unspecified atom stereocenters. The van der Waals surface area contributed by atoms with E-state index < -0.39 is 0 Å². The molecule has 0 saturated heterocycles. The van der Waals surface area contributed by atoms with Gasteiger partial charge in [0.05, 0.1) is 5.56 Å². The molecule has 0 bridgehead atoms. The van der Waals surface area contributed by atoms with Crippen LogP contribution in [0, 0.1) is 6.92 Å². The number of benzene rings is 2. The molecule has 0 aliphatic rings. The summed E-state index contributed by atoms with van der Waals surface area (Å²) in [4.78, 5) is 14.2. The maximum Gasteiger partial charge on any atom is 0.196 e. The summed E-state index contributed by atoms with van der Waals surface area (Å²) >= 11 is 0. The normalized spacial score (nSPS) is 10.3. The fraction of sp³-hybridized carbons (Fsp3) is 0.188. The number of aryl methyl sites for hydroxylation is 1. The van der Waals surface area contributed by atoms with E-state index in [1.54, 1.807) is 24.3 Å². The van der Waals surface area contributed by atoms with Gasteiger partial charge in [0.2, 0.25) is 0 Å². The van der Waals surface area contributed by atoms with Crippen molar-refractivity contribution in [1.82, 2.24) is 0 Å². The van der Waals surface area contributed by atoms with Gasteiger partial charge in [0.25, 0.3) is 0 Å². The third kappa shape index (κ3) is 2.76. The van der Waals surface area contributed by atoms with Crippen LogP contribution in [0.5, 0.6) is 5.75 Å². The Morgan fingerprint density at radius 1 is 1.05 bits per heavy atom. The van der Waals surface area contributed by atoms with E-state index in [0.717, 1.165) is 11.3 Å². The Kier molecular flexibility index (Phi) is 3.56. The zero-order chi connectivity index (χ0) is 14.0. The van der Waals surface area contributed by atoms with Gasteiger partial charge in [0.1, 0.15) is 5.75 Å². The molecule has 1 N–H and O–H groups in total. The number of hydrogen-bond acceptors (Lipinski definition) is 3. The van der Waals surface area contributed by atoms with Crippen molar-refractivity contribution in [3.63, 3.8) is 0 Å². The standard InChI is InChI=1S/C16H17NO2/c1-11-4-6-12(7-5-11)16(19)14-9-8-13(17(2)3)10-15(14)18/h4-10,18H,1-3H3. The molecule has 0 amide bonds. The van der Waals surface area contributed by atoms with Crippen molar-refractivity contribution in [3.05, 3.63) is 59.2 Å². The summed E-state index contributed by atoms with van der Waals surface area (Å²) in [5, 5.41) is 9.98. The summed E-state index contributed by atoms with van der Waals surface area (Å²) in [7, 11) is 3.77. The van der Waals surface area contributed by atoms with Crippen LogP contribution in [-0.2, 0) is 0 Å². The lowest BCUT2D eigenvalue weighted by Crippen LogP contribution is -2.09. The van der Waals surface area contributed by atoms with Gasteiger partial charge in [-0.1, -0.05) is 29.8 Å². The van der Waals surface area contributed by atoms with E-state index in [1.807, 2.05) is 44.1 Å². The predicted octanol–water partition coefficient (Wildman–Crippen LogP) is 3.00. The van der Waals surface area contributed by atoms with Gasteiger partial charge < -0.3 is 10.0 Å². The number of carbonyl (C=O) groups excluding carboxylic acids is 1. The van der Waals surface area contributed by atoms with E-state index >= 15 is 0 Å². The minimum Gasteiger partial charge on any atom is -0.507 e. The number of rotatable bonds is 3. The molecule has 0 aliphatic heterocycles. The number of nitrogens with zero attached hydrogens (tertiary/aromatic N) is 1. The second-order valence-electron chi connectivity index (χ2n) is 4.79. The number of carbonyl (C=O) groups is 1. The van der Waals surface area contributed by atoms with Crippen LogP contribution >= 0.6 is 0 Å². The molecular formula is C16H17NO2. The van der Waals surface area contributed by atoms with Gasteiger partial charge in [0.15, 0.2) is 5.78 Å². The van der Waals surface area contributed by atoms with Crippen molar-refractivity contribution >= 4 is 11.5 Å². The molecule has 2 aromatic carbocycles. The molecule has 0 radical (unpaired) electrons. The molecule has 2 aromatic rings. The zero-order valence-corrected chi connectivity index (χ0v) is 11.3. The number of ketones is 1. The molecule has 2 rings (SSSR count). The molecule has 19 heavy (non-hydrogen) atoms. The van der Waals surface area contributed by atoms with E-state index in [1.165, 1.54) is 0 Å². The summed E-state index contributed by atoms with van der Waals surface area (Å²) < 4.78 is 0. The molecule has 0 saturated carbocycles. The Hall–Kier alpha value is -2.29. The fourth-order valence-electron chi connectivity index (χ4n) is 1.85. The van der Waals surface area contributed by atoms with E-state index in [9.17, 15) is 9.90 Å². The Morgan fingerprint density at radius 3 is 2.21 bits per heavy atom. The van der Waals surface area contributed by atoms with Crippen molar-refractivity contribution in [2.75, 3.05) is 19.0 Å². The quantitative estimate of drug-likeness (QED) is 0.857. The highest BCUT2D eigenvalue weighted by Crippen LogP contribution is 2.25. The second kappa shape index (κ2) is 5.14. The molecular weight excluding hydrogens is 238 g/mol. The molecule has 0 atom stereocenters. The zero-order valence-electron chi connectivity index (χ0n) is 11.3. The number of phenolic OH excluding ortho intramolecular Hbond substituents is 1. The maximum atomic E-state index is 12.3. The minimum atomic E-state index is -0.164. The van der Waals surface area contributed by atoms with Gasteiger partial charge in [-0.05, 0) is 19.1 Å². The van der Waals surface area contributed by atoms with Gasteiger partial charge in [-0.15, -0.1) is 0 Å². The van der Waals surface area contributed by atoms with Gasteiger partial charge in [0, 0.05) is 31.4 Å². The minimum absolute atomic E-state index is 0.0109. The van der Waals surface area contributed by atoms with Crippen LogP contribution in [0.3, 0.4) is 0 Å². The van der Waals surface area contributed by atoms with Crippen LogP contribution in [0.25, 0.3) is 0 Å². The van der Waals surface area contributed by atoms with E-state index in [0.29, 0.717) is 11.1 Å². The monoisotopic (exact) mass is 255 g/mol. The molecule has 0 aromatic heterocycles. The summed E-state index contributed by atoms with van der Waals surface area (Å²) in [5.41, 5.74) is 2.87. The second-order valence-corrected chi connectivity index (χ2v) is 4.79. The Bertz CT molecular complexity index is 601. The molecule has 3 heteroatoms.